The zero-order valence-corrected chi connectivity index (χ0v) is 9.12. The molecule has 0 radical (unpaired) electrons. The number of aromatic nitrogens is 2. The molecule has 54 valence electrons. The topological polar surface area (TPSA) is 25.8 Å². The van der Waals surface area contributed by atoms with Gasteiger partial charge in [0.05, 0.1) is 4.90 Å². The van der Waals surface area contributed by atoms with E-state index in [1.807, 2.05) is 6.26 Å². The first-order chi connectivity index (χ1) is 4.74. The predicted octanol–water partition coefficient (Wildman–Crippen LogP) is 2.72. The van der Waals surface area contributed by atoms with Crippen LogP contribution in [-0.4, -0.2) is 16.2 Å². The quantitative estimate of drug-likeness (QED) is 0.450. The van der Waals surface area contributed by atoms with Crippen molar-refractivity contribution in [1.82, 2.24) is 9.97 Å². The van der Waals surface area contributed by atoms with Crippen LogP contribution in [0.5, 0.6) is 0 Å². The van der Waals surface area contributed by atoms with Gasteiger partial charge in [0.25, 0.3) is 0 Å². The lowest BCUT2D eigenvalue weighted by molar-refractivity contribution is 1.02. The fraction of sp³-hybridized carbons (Fsp3) is 0.200. The van der Waals surface area contributed by atoms with E-state index in [-0.39, 0.29) is 0 Å². The van der Waals surface area contributed by atoms with Gasteiger partial charge < -0.3 is 0 Å². The first-order valence-corrected chi connectivity index (χ1v) is 5.27. The summed E-state index contributed by atoms with van der Waals surface area (Å²) in [6.07, 6.45) is 3.75. The van der Waals surface area contributed by atoms with Crippen LogP contribution in [0, 0.1) is 0 Å². The van der Waals surface area contributed by atoms with Crippen LogP contribution in [-0.2, 0) is 0 Å². The average Bonchev–Trinajstić information content (AvgIpc) is 1.88. The first-order valence-electron chi connectivity index (χ1n) is 2.46. The van der Waals surface area contributed by atoms with Gasteiger partial charge in [-0.1, -0.05) is 0 Å². The fourth-order valence-corrected chi connectivity index (χ4v) is 2.11. The molecule has 1 aromatic heterocycles. The van der Waals surface area contributed by atoms with Gasteiger partial charge in [0.1, 0.15) is 4.60 Å². The lowest BCUT2D eigenvalue weighted by atomic mass is 10.7. The molecule has 0 saturated carbocycles. The van der Waals surface area contributed by atoms with Crippen LogP contribution in [0.2, 0.25) is 0 Å². The van der Waals surface area contributed by atoms with Gasteiger partial charge in [-0.25, -0.2) is 9.97 Å². The Morgan fingerprint density at radius 3 is 2.70 bits per heavy atom. The van der Waals surface area contributed by atoms with Crippen LogP contribution in [0.25, 0.3) is 0 Å². The van der Waals surface area contributed by atoms with E-state index in [0.717, 1.165) is 9.50 Å². The highest BCUT2D eigenvalue weighted by Crippen LogP contribution is 2.23. The Kier molecular flexibility index (Phi) is 3.13. The zero-order chi connectivity index (χ0) is 7.56. The van der Waals surface area contributed by atoms with Gasteiger partial charge in [-0.2, -0.15) is 0 Å². The SMILES string of the molecule is CSc1cnc(Br)nc1Br. The minimum Gasteiger partial charge on any atom is -0.229 e. The van der Waals surface area contributed by atoms with Crippen molar-refractivity contribution >= 4 is 43.6 Å². The van der Waals surface area contributed by atoms with Gasteiger partial charge in [0.2, 0.25) is 0 Å². The fourth-order valence-electron chi connectivity index (χ4n) is 0.467. The van der Waals surface area contributed by atoms with Crippen LogP contribution < -0.4 is 0 Å². The Morgan fingerprint density at radius 2 is 2.20 bits per heavy atom. The maximum Gasteiger partial charge on any atom is 0.197 e. The second-order valence-electron chi connectivity index (χ2n) is 1.50. The molecule has 0 saturated heterocycles. The third kappa shape index (κ3) is 1.93. The summed E-state index contributed by atoms with van der Waals surface area (Å²) in [6, 6.07) is 0. The van der Waals surface area contributed by atoms with Crippen LogP contribution in [0.1, 0.15) is 0 Å². The molecule has 0 bridgehead atoms. The summed E-state index contributed by atoms with van der Waals surface area (Å²) >= 11 is 8.08. The average molecular weight is 284 g/mol. The minimum absolute atomic E-state index is 0.608. The number of hydrogen-bond donors (Lipinski definition) is 0. The summed E-state index contributed by atoms with van der Waals surface area (Å²) in [5.41, 5.74) is 0. The third-order valence-electron chi connectivity index (χ3n) is 0.902. The largest absolute Gasteiger partial charge is 0.229 e. The molecule has 1 heterocycles. The molecule has 0 N–H and O–H groups in total. The van der Waals surface area contributed by atoms with Gasteiger partial charge >= 0.3 is 0 Å². The van der Waals surface area contributed by atoms with E-state index in [1.165, 1.54) is 0 Å². The second-order valence-corrected chi connectivity index (χ2v) is 3.81. The molecule has 0 aliphatic rings. The smallest absolute Gasteiger partial charge is 0.197 e. The summed E-state index contributed by atoms with van der Waals surface area (Å²) in [7, 11) is 0. The number of hydrogen-bond acceptors (Lipinski definition) is 3. The summed E-state index contributed by atoms with van der Waals surface area (Å²) in [5, 5.41) is 0. The van der Waals surface area contributed by atoms with Crippen molar-refractivity contribution in [1.29, 1.82) is 0 Å². The summed E-state index contributed by atoms with van der Waals surface area (Å²) in [5.74, 6) is 0. The molecule has 1 rings (SSSR count). The molecule has 0 aromatic carbocycles. The summed E-state index contributed by atoms with van der Waals surface area (Å²) in [4.78, 5) is 9.06. The van der Waals surface area contributed by atoms with E-state index in [1.54, 1.807) is 18.0 Å². The molecule has 0 atom stereocenters. The monoisotopic (exact) mass is 282 g/mol. The van der Waals surface area contributed by atoms with E-state index in [9.17, 15) is 0 Å². The highest BCUT2D eigenvalue weighted by Gasteiger charge is 1.99. The predicted molar refractivity (Wildman–Crippen MR) is 49.2 cm³/mol. The first kappa shape index (κ1) is 8.49. The lowest BCUT2D eigenvalue weighted by Crippen LogP contribution is -1.84. The number of halogens is 2. The zero-order valence-electron chi connectivity index (χ0n) is 5.14. The molecule has 5 heteroatoms. The second kappa shape index (κ2) is 3.69. The third-order valence-corrected chi connectivity index (χ3v) is 2.89. The molecule has 0 amide bonds. The molecule has 0 unspecified atom stereocenters. The van der Waals surface area contributed by atoms with Gasteiger partial charge in [0.15, 0.2) is 4.73 Å². The Balaban J connectivity index is 3.07. The molecule has 0 aliphatic heterocycles. The Bertz CT molecular complexity index is 241. The van der Waals surface area contributed by atoms with Crippen molar-refractivity contribution in [2.75, 3.05) is 6.26 Å². The molecule has 0 fully saturated rings. The van der Waals surface area contributed by atoms with Crippen molar-refractivity contribution in [3.8, 4) is 0 Å². The van der Waals surface area contributed by atoms with E-state index >= 15 is 0 Å². The molecular formula is C5H4Br2N2S. The summed E-state index contributed by atoms with van der Waals surface area (Å²) in [6.45, 7) is 0. The van der Waals surface area contributed by atoms with Crippen molar-refractivity contribution in [3.05, 3.63) is 15.5 Å². The van der Waals surface area contributed by atoms with Crippen molar-refractivity contribution in [2.45, 2.75) is 4.90 Å². The Morgan fingerprint density at radius 1 is 1.50 bits per heavy atom. The number of thioether (sulfide) groups is 1. The van der Waals surface area contributed by atoms with Crippen LogP contribution in [0.3, 0.4) is 0 Å². The minimum atomic E-state index is 0.608. The van der Waals surface area contributed by atoms with E-state index in [2.05, 4.69) is 41.8 Å². The molecule has 2 nitrogen and oxygen atoms in total. The van der Waals surface area contributed by atoms with Crippen LogP contribution >= 0.6 is 43.6 Å². The highest BCUT2D eigenvalue weighted by molar-refractivity contribution is 9.11. The van der Waals surface area contributed by atoms with Crippen molar-refractivity contribution in [2.24, 2.45) is 0 Å². The lowest BCUT2D eigenvalue weighted by Gasteiger charge is -1.96. The molecular weight excluding hydrogens is 280 g/mol. The standard InChI is InChI=1S/C5H4Br2N2S/c1-10-3-2-8-5(7)9-4(3)6/h2H,1H3. The number of rotatable bonds is 1. The normalized spacial score (nSPS) is 9.90. The maximum atomic E-state index is 4.05. The van der Waals surface area contributed by atoms with Crippen molar-refractivity contribution < 1.29 is 0 Å². The molecule has 0 spiro atoms. The van der Waals surface area contributed by atoms with E-state index in [4.69, 9.17) is 0 Å². The van der Waals surface area contributed by atoms with Crippen LogP contribution in [0.15, 0.2) is 20.4 Å². The Hall–Kier alpha value is 0.390. The van der Waals surface area contributed by atoms with Gasteiger partial charge in [-0.05, 0) is 38.1 Å². The maximum absolute atomic E-state index is 4.05. The molecule has 0 aliphatic carbocycles. The van der Waals surface area contributed by atoms with Crippen LogP contribution in [0.4, 0.5) is 0 Å². The molecule has 1 aromatic rings. The van der Waals surface area contributed by atoms with Gasteiger partial charge in [0, 0.05) is 6.20 Å². The Labute approximate surface area is 80.1 Å². The van der Waals surface area contributed by atoms with Gasteiger partial charge in [-0.3, -0.25) is 0 Å². The van der Waals surface area contributed by atoms with Crippen molar-refractivity contribution in [3.63, 3.8) is 0 Å². The van der Waals surface area contributed by atoms with Gasteiger partial charge in [-0.15, -0.1) is 11.8 Å². The van der Waals surface area contributed by atoms with E-state index in [0.29, 0.717) is 4.73 Å². The highest BCUT2D eigenvalue weighted by atomic mass is 79.9. The number of nitrogens with zero attached hydrogens (tertiary/aromatic N) is 2. The van der Waals surface area contributed by atoms with E-state index < -0.39 is 0 Å². The summed E-state index contributed by atoms with van der Waals surface area (Å²) < 4.78 is 1.44. The molecule has 10 heavy (non-hydrogen) atoms.